The van der Waals surface area contributed by atoms with Gasteiger partial charge in [-0.3, -0.25) is 0 Å². The predicted octanol–water partition coefficient (Wildman–Crippen LogP) is 0.0715. The van der Waals surface area contributed by atoms with Crippen molar-refractivity contribution >= 4 is 0 Å². The minimum absolute atomic E-state index is 0.202. The Labute approximate surface area is 74.0 Å². The van der Waals surface area contributed by atoms with Crippen LogP contribution in [0.5, 0.6) is 0 Å². The highest BCUT2D eigenvalue weighted by Crippen LogP contribution is 2.18. The van der Waals surface area contributed by atoms with Crippen LogP contribution in [0.1, 0.15) is 19.8 Å². The fraction of sp³-hybridized carbons (Fsp3) is 1.00. The number of aliphatic hydroxyl groups excluding tert-OH is 2. The van der Waals surface area contributed by atoms with Crippen molar-refractivity contribution in [2.75, 3.05) is 26.2 Å². The van der Waals surface area contributed by atoms with Gasteiger partial charge in [-0.25, -0.2) is 0 Å². The summed E-state index contributed by atoms with van der Waals surface area (Å²) in [6, 6.07) is 0. The summed E-state index contributed by atoms with van der Waals surface area (Å²) in [6.45, 7) is 4.85. The van der Waals surface area contributed by atoms with Crippen LogP contribution >= 0.6 is 0 Å². The van der Waals surface area contributed by atoms with Gasteiger partial charge in [-0.05, 0) is 32.2 Å². The molecule has 1 aliphatic heterocycles. The Morgan fingerprint density at radius 3 is 2.92 bits per heavy atom. The van der Waals surface area contributed by atoms with Gasteiger partial charge in [0.15, 0.2) is 0 Å². The van der Waals surface area contributed by atoms with Crippen molar-refractivity contribution in [3.05, 3.63) is 0 Å². The van der Waals surface area contributed by atoms with Gasteiger partial charge in [-0.2, -0.15) is 0 Å². The Morgan fingerprint density at radius 2 is 2.33 bits per heavy atom. The standard InChI is InChI=1S/C9H19NO2/c1-8(12)9-3-2-4-10(7-9)5-6-11/h8-9,11-12H,2-7H2,1H3. The summed E-state index contributed by atoms with van der Waals surface area (Å²) in [5.41, 5.74) is 0. The number of rotatable bonds is 3. The topological polar surface area (TPSA) is 43.7 Å². The van der Waals surface area contributed by atoms with Gasteiger partial charge >= 0.3 is 0 Å². The molecule has 12 heavy (non-hydrogen) atoms. The Hall–Kier alpha value is -0.120. The molecule has 1 rings (SSSR count). The lowest BCUT2D eigenvalue weighted by Gasteiger charge is -2.33. The summed E-state index contributed by atoms with van der Waals surface area (Å²) in [6.07, 6.45) is 2.07. The van der Waals surface area contributed by atoms with Crippen molar-refractivity contribution < 1.29 is 10.2 Å². The van der Waals surface area contributed by atoms with E-state index in [2.05, 4.69) is 4.90 Å². The summed E-state index contributed by atoms with van der Waals surface area (Å²) < 4.78 is 0. The van der Waals surface area contributed by atoms with E-state index in [0.717, 1.165) is 32.5 Å². The Kier molecular flexibility index (Phi) is 3.98. The normalized spacial score (nSPS) is 28.8. The number of likely N-dealkylation sites (tertiary alicyclic amines) is 1. The summed E-state index contributed by atoms with van der Waals surface area (Å²) in [7, 11) is 0. The largest absolute Gasteiger partial charge is 0.395 e. The molecule has 72 valence electrons. The average Bonchev–Trinajstić information content (AvgIpc) is 2.05. The van der Waals surface area contributed by atoms with Gasteiger partial charge in [-0.15, -0.1) is 0 Å². The summed E-state index contributed by atoms with van der Waals surface area (Å²) in [5, 5.41) is 18.1. The van der Waals surface area contributed by atoms with Gasteiger partial charge in [0, 0.05) is 13.1 Å². The first-order valence-electron chi connectivity index (χ1n) is 4.75. The zero-order valence-electron chi connectivity index (χ0n) is 7.74. The number of piperidine rings is 1. The molecular formula is C9H19NO2. The summed E-state index contributed by atoms with van der Waals surface area (Å²) >= 11 is 0. The highest BCUT2D eigenvalue weighted by atomic mass is 16.3. The van der Waals surface area contributed by atoms with Crippen LogP contribution in [-0.4, -0.2) is 47.5 Å². The van der Waals surface area contributed by atoms with Crippen LogP contribution < -0.4 is 0 Å². The van der Waals surface area contributed by atoms with E-state index in [1.807, 2.05) is 6.92 Å². The predicted molar refractivity (Wildman–Crippen MR) is 47.9 cm³/mol. The fourth-order valence-corrected chi connectivity index (χ4v) is 1.83. The first-order valence-corrected chi connectivity index (χ1v) is 4.75. The maximum absolute atomic E-state index is 9.37. The second kappa shape index (κ2) is 4.80. The lowest BCUT2D eigenvalue weighted by atomic mass is 9.93. The van der Waals surface area contributed by atoms with Crippen molar-refractivity contribution in [2.45, 2.75) is 25.9 Å². The van der Waals surface area contributed by atoms with Gasteiger partial charge in [0.1, 0.15) is 0 Å². The number of aliphatic hydroxyl groups is 2. The van der Waals surface area contributed by atoms with Gasteiger partial charge in [-0.1, -0.05) is 0 Å². The molecule has 0 amide bonds. The van der Waals surface area contributed by atoms with Gasteiger partial charge in [0.2, 0.25) is 0 Å². The molecule has 0 aromatic rings. The van der Waals surface area contributed by atoms with E-state index in [9.17, 15) is 5.11 Å². The molecule has 0 radical (unpaired) electrons. The molecule has 0 aliphatic carbocycles. The monoisotopic (exact) mass is 173 g/mol. The number of β-amino-alcohol motifs (C(OH)–C–C–N with tert-alkyl or cyclic N) is 1. The SMILES string of the molecule is CC(O)C1CCCN(CCO)C1. The molecule has 3 nitrogen and oxygen atoms in total. The van der Waals surface area contributed by atoms with E-state index in [4.69, 9.17) is 5.11 Å². The van der Waals surface area contributed by atoms with Crippen LogP contribution in [0.4, 0.5) is 0 Å². The third-order valence-electron chi connectivity index (χ3n) is 2.64. The van der Waals surface area contributed by atoms with Crippen molar-refractivity contribution in [3.63, 3.8) is 0 Å². The first kappa shape index (κ1) is 9.96. The van der Waals surface area contributed by atoms with Crippen molar-refractivity contribution in [1.29, 1.82) is 0 Å². The van der Waals surface area contributed by atoms with Crippen molar-refractivity contribution in [1.82, 2.24) is 4.90 Å². The lowest BCUT2D eigenvalue weighted by Crippen LogP contribution is -2.40. The van der Waals surface area contributed by atoms with Crippen molar-refractivity contribution in [3.8, 4) is 0 Å². The van der Waals surface area contributed by atoms with Gasteiger partial charge in [0.25, 0.3) is 0 Å². The number of hydrogen-bond donors (Lipinski definition) is 2. The molecule has 2 unspecified atom stereocenters. The highest BCUT2D eigenvalue weighted by molar-refractivity contribution is 4.75. The summed E-state index contributed by atoms with van der Waals surface area (Å²) in [4.78, 5) is 2.22. The molecule has 3 heteroatoms. The summed E-state index contributed by atoms with van der Waals surface area (Å²) in [5.74, 6) is 0.408. The molecule has 1 saturated heterocycles. The maximum Gasteiger partial charge on any atom is 0.0558 e. The van der Waals surface area contributed by atoms with Crippen LogP contribution in [0.25, 0.3) is 0 Å². The van der Waals surface area contributed by atoms with Crippen molar-refractivity contribution in [2.24, 2.45) is 5.92 Å². The molecule has 0 aromatic heterocycles. The molecule has 1 aliphatic rings. The van der Waals surface area contributed by atoms with E-state index in [1.165, 1.54) is 0 Å². The molecule has 0 spiro atoms. The second-order valence-corrected chi connectivity index (χ2v) is 3.67. The average molecular weight is 173 g/mol. The quantitative estimate of drug-likeness (QED) is 0.635. The Balaban J connectivity index is 2.30. The van der Waals surface area contributed by atoms with Gasteiger partial charge in [0.05, 0.1) is 12.7 Å². The van der Waals surface area contributed by atoms with E-state index in [-0.39, 0.29) is 12.7 Å². The maximum atomic E-state index is 9.37. The zero-order chi connectivity index (χ0) is 8.97. The van der Waals surface area contributed by atoms with E-state index >= 15 is 0 Å². The molecule has 2 atom stereocenters. The molecule has 0 saturated carbocycles. The minimum Gasteiger partial charge on any atom is -0.395 e. The van der Waals surface area contributed by atoms with Crippen LogP contribution in [0.3, 0.4) is 0 Å². The van der Waals surface area contributed by atoms with Crippen LogP contribution in [0.15, 0.2) is 0 Å². The van der Waals surface area contributed by atoms with E-state index < -0.39 is 0 Å². The Morgan fingerprint density at radius 1 is 1.58 bits per heavy atom. The minimum atomic E-state index is -0.202. The molecule has 1 heterocycles. The zero-order valence-corrected chi connectivity index (χ0v) is 7.74. The van der Waals surface area contributed by atoms with Crippen LogP contribution in [0.2, 0.25) is 0 Å². The molecule has 2 N–H and O–H groups in total. The fourth-order valence-electron chi connectivity index (χ4n) is 1.83. The Bertz CT molecular complexity index is 126. The van der Waals surface area contributed by atoms with E-state index in [0.29, 0.717) is 5.92 Å². The van der Waals surface area contributed by atoms with E-state index in [1.54, 1.807) is 0 Å². The highest BCUT2D eigenvalue weighted by Gasteiger charge is 2.22. The number of hydrogen-bond acceptors (Lipinski definition) is 3. The molecule has 0 aromatic carbocycles. The lowest BCUT2D eigenvalue weighted by molar-refractivity contribution is 0.0557. The molecule has 1 fully saturated rings. The first-order chi connectivity index (χ1) is 5.74. The second-order valence-electron chi connectivity index (χ2n) is 3.67. The smallest absolute Gasteiger partial charge is 0.0558 e. The van der Waals surface area contributed by atoms with Gasteiger partial charge < -0.3 is 15.1 Å². The van der Waals surface area contributed by atoms with Crippen LogP contribution in [0, 0.1) is 5.92 Å². The molecular weight excluding hydrogens is 154 g/mol. The third kappa shape index (κ3) is 2.73. The number of nitrogens with zero attached hydrogens (tertiary/aromatic N) is 1. The van der Waals surface area contributed by atoms with Crippen LogP contribution in [-0.2, 0) is 0 Å². The third-order valence-corrected chi connectivity index (χ3v) is 2.64. The molecule has 0 bridgehead atoms.